The van der Waals surface area contributed by atoms with Gasteiger partial charge in [-0.15, -0.1) is 0 Å². The third-order valence-corrected chi connectivity index (χ3v) is 2.15. The standard InChI is InChI=1S/C8H8F3N3O4/c1-4-2-13(12-6(4)14(17)18)3-5(7(15)16)8(9,10)11/h2,5H,3H2,1H3,(H,15,16). The van der Waals surface area contributed by atoms with Crippen molar-refractivity contribution in [2.75, 3.05) is 0 Å². The number of carboxylic acid groups (broad SMARTS) is 1. The second-order valence-corrected chi connectivity index (χ2v) is 3.55. The molecule has 1 unspecified atom stereocenters. The molecule has 0 saturated heterocycles. The third-order valence-electron chi connectivity index (χ3n) is 2.15. The van der Waals surface area contributed by atoms with E-state index in [2.05, 4.69) is 5.10 Å². The number of carbonyl (C=O) groups is 1. The first-order valence-electron chi connectivity index (χ1n) is 4.61. The second-order valence-electron chi connectivity index (χ2n) is 3.55. The molecule has 1 rings (SSSR count). The van der Waals surface area contributed by atoms with Gasteiger partial charge in [0.15, 0.2) is 5.92 Å². The van der Waals surface area contributed by atoms with Crippen LogP contribution >= 0.6 is 0 Å². The van der Waals surface area contributed by atoms with Crippen molar-refractivity contribution in [1.29, 1.82) is 0 Å². The summed E-state index contributed by atoms with van der Waals surface area (Å²) in [6.45, 7) is 0.290. The Balaban J connectivity index is 2.99. The Bertz CT molecular complexity index is 482. The molecule has 7 nitrogen and oxygen atoms in total. The Morgan fingerprint density at radius 2 is 2.22 bits per heavy atom. The molecule has 1 heterocycles. The zero-order chi connectivity index (χ0) is 14.1. The topological polar surface area (TPSA) is 98.3 Å². The number of rotatable bonds is 4. The summed E-state index contributed by atoms with van der Waals surface area (Å²) in [4.78, 5) is 20.1. The average Bonchev–Trinajstić information content (AvgIpc) is 2.53. The Hall–Kier alpha value is -2.13. The lowest BCUT2D eigenvalue weighted by atomic mass is 10.1. The van der Waals surface area contributed by atoms with E-state index in [9.17, 15) is 28.1 Å². The van der Waals surface area contributed by atoms with Crippen molar-refractivity contribution in [2.24, 2.45) is 5.92 Å². The van der Waals surface area contributed by atoms with Crippen molar-refractivity contribution in [3.8, 4) is 0 Å². The van der Waals surface area contributed by atoms with Crippen molar-refractivity contribution < 1.29 is 28.0 Å². The molecule has 18 heavy (non-hydrogen) atoms. The molecule has 0 aliphatic carbocycles. The first-order valence-corrected chi connectivity index (χ1v) is 4.61. The number of carboxylic acids is 1. The molecule has 0 bridgehead atoms. The fourth-order valence-electron chi connectivity index (χ4n) is 1.29. The van der Waals surface area contributed by atoms with Gasteiger partial charge in [-0.2, -0.15) is 17.9 Å². The normalized spacial score (nSPS) is 13.3. The van der Waals surface area contributed by atoms with Gasteiger partial charge in [-0.1, -0.05) is 0 Å². The van der Waals surface area contributed by atoms with Gasteiger partial charge in [-0.05, 0) is 11.8 Å². The lowest BCUT2D eigenvalue weighted by Crippen LogP contribution is -2.34. The highest BCUT2D eigenvalue weighted by molar-refractivity contribution is 5.70. The number of alkyl halides is 3. The fourth-order valence-corrected chi connectivity index (χ4v) is 1.29. The zero-order valence-corrected chi connectivity index (χ0v) is 9.01. The Morgan fingerprint density at radius 3 is 2.56 bits per heavy atom. The van der Waals surface area contributed by atoms with Crippen LogP contribution in [0.4, 0.5) is 19.0 Å². The maximum Gasteiger partial charge on any atom is 0.404 e. The van der Waals surface area contributed by atoms with Crippen LogP contribution in [0.2, 0.25) is 0 Å². The molecular weight excluding hydrogens is 259 g/mol. The molecule has 0 fully saturated rings. The number of halogens is 3. The van der Waals surface area contributed by atoms with Crippen molar-refractivity contribution >= 4 is 11.8 Å². The maximum absolute atomic E-state index is 12.4. The van der Waals surface area contributed by atoms with E-state index in [4.69, 9.17) is 5.11 Å². The van der Waals surface area contributed by atoms with E-state index in [0.29, 0.717) is 4.68 Å². The van der Waals surface area contributed by atoms with Gasteiger partial charge < -0.3 is 15.2 Å². The molecule has 100 valence electrons. The van der Waals surface area contributed by atoms with Crippen molar-refractivity contribution in [1.82, 2.24) is 9.78 Å². The number of nitrogens with zero attached hydrogens (tertiary/aromatic N) is 3. The molecule has 1 aromatic heterocycles. The fraction of sp³-hybridized carbons (Fsp3) is 0.500. The van der Waals surface area contributed by atoms with Crippen molar-refractivity contribution in [3.63, 3.8) is 0 Å². The van der Waals surface area contributed by atoms with E-state index in [0.717, 1.165) is 6.20 Å². The number of aromatic nitrogens is 2. The monoisotopic (exact) mass is 267 g/mol. The van der Waals surface area contributed by atoms with E-state index in [1.165, 1.54) is 6.92 Å². The maximum atomic E-state index is 12.4. The van der Waals surface area contributed by atoms with Crippen LogP contribution in [-0.4, -0.2) is 32.0 Å². The Morgan fingerprint density at radius 1 is 1.67 bits per heavy atom. The number of hydrogen-bond acceptors (Lipinski definition) is 4. The van der Waals surface area contributed by atoms with Gasteiger partial charge in [0.1, 0.15) is 0 Å². The van der Waals surface area contributed by atoms with Crippen LogP contribution in [0.15, 0.2) is 6.20 Å². The van der Waals surface area contributed by atoms with Crippen LogP contribution < -0.4 is 0 Å². The summed E-state index contributed by atoms with van der Waals surface area (Å²) in [6, 6.07) is 0. The molecule has 1 atom stereocenters. The Labute approximate surface area is 98.0 Å². The van der Waals surface area contributed by atoms with E-state index in [-0.39, 0.29) is 5.56 Å². The third kappa shape index (κ3) is 2.96. The van der Waals surface area contributed by atoms with Crippen molar-refractivity contribution in [3.05, 3.63) is 21.9 Å². The molecule has 0 amide bonds. The van der Waals surface area contributed by atoms with Gasteiger partial charge in [-0.3, -0.25) is 4.79 Å². The van der Waals surface area contributed by atoms with E-state index in [1.54, 1.807) is 0 Å². The predicted octanol–water partition coefficient (Wildman–Crippen LogP) is 1.36. The second kappa shape index (κ2) is 4.63. The summed E-state index contributed by atoms with van der Waals surface area (Å²) in [7, 11) is 0. The lowest BCUT2D eigenvalue weighted by Gasteiger charge is -2.14. The Kier molecular flexibility index (Phi) is 3.58. The number of nitro groups is 1. The summed E-state index contributed by atoms with van der Waals surface area (Å²) in [5.74, 6) is -5.31. The molecule has 1 aromatic rings. The van der Waals surface area contributed by atoms with Gasteiger partial charge in [0.2, 0.25) is 0 Å². The average molecular weight is 267 g/mol. The number of hydrogen-bond donors (Lipinski definition) is 1. The molecule has 1 N–H and O–H groups in total. The molecule has 10 heteroatoms. The SMILES string of the molecule is Cc1cn(CC(C(=O)O)C(F)(F)F)nc1[N+](=O)[O-]. The molecule has 0 radical (unpaired) electrons. The van der Waals surface area contributed by atoms with Crippen LogP contribution in [-0.2, 0) is 11.3 Å². The predicted molar refractivity (Wildman–Crippen MR) is 50.8 cm³/mol. The van der Waals surface area contributed by atoms with Gasteiger partial charge >= 0.3 is 18.0 Å². The van der Waals surface area contributed by atoms with Gasteiger partial charge in [0, 0.05) is 0 Å². The first-order chi connectivity index (χ1) is 8.12. The first kappa shape index (κ1) is 13.9. The van der Waals surface area contributed by atoms with Crippen LogP contribution in [0.25, 0.3) is 0 Å². The molecular formula is C8H8F3N3O4. The van der Waals surface area contributed by atoms with Crippen LogP contribution in [0, 0.1) is 23.0 Å². The van der Waals surface area contributed by atoms with Gasteiger partial charge in [0.25, 0.3) is 0 Å². The number of aliphatic carboxylic acids is 1. The highest BCUT2D eigenvalue weighted by Crippen LogP contribution is 2.28. The summed E-state index contributed by atoms with van der Waals surface area (Å²) < 4.78 is 37.7. The minimum absolute atomic E-state index is 0.0614. The zero-order valence-electron chi connectivity index (χ0n) is 9.01. The van der Waals surface area contributed by atoms with E-state index < -0.39 is 35.3 Å². The molecule has 0 aliphatic rings. The summed E-state index contributed by atoms with van der Waals surface area (Å²) in [5.41, 5.74) is 0.0614. The number of aryl methyl sites for hydroxylation is 1. The van der Waals surface area contributed by atoms with E-state index in [1.807, 2.05) is 0 Å². The largest absolute Gasteiger partial charge is 0.481 e. The van der Waals surface area contributed by atoms with Gasteiger partial charge in [-0.25, -0.2) is 0 Å². The van der Waals surface area contributed by atoms with Crippen molar-refractivity contribution in [2.45, 2.75) is 19.6 Å². The minimum atomic E-state index is -4.94. The summed E-state index contributed by atoms with van der Waals surface area (Å²) in [6.07, 6.45) is -3.94. The molecule has 0 saturated carbocycles. The molecule has 0 aliphatic heterocycles. The highest BCUT2D eigenvalue weighted by Gasteiger charge is 2.46. The smallest absolute Gasteiger partial charge is 0.404 e. The van der Waals surface area contributed by atoms with Crippen LogP contribution in [0.3, 0.4) is 0 Å². The summed E-state index contributed by atoms with van der Waals surface area (Å²) in [5, 5.41) is 22.2. The minimum Gasteiger partial charge on any atom is -0.481 e. The molecule has 0 aromatic carbocycles. The van der Waals surface area contributed by atoms with Crippen LogP contribution in [0.5, 0.6) is 0 Å². The van der Waals surface area contributed by atoms with Crippen LogP contribution in [0.1, 0.15) is 5.56 Å². The quantitative estimate of drug-likeness (QED) is 0.656. The van der Waals surface area contributed by atoms with Gasteiger partial charge in [0.05, 0.1) is 23.4 Å². The summed E-state index contributed by atoms with van der Waals surface area (Å²) >= 11 is 0. The lowest BCUT2D eigenvalue weighted by molar-refractivity contribution is -0.390. The molecule has 0 spiro atoms. The van der Waals surface area contributed by atoms with E-state index >= 15 is 0 Å². The highest BCUT2D eigenvalue weighted by atomic mass is 19.4.